The molecule has 0 spiro atoms. The molecule has 1 atom stereocenters. The Labute approximate surface area is 239 Å². The SMILES string of the molecule is CC(C)(C)CCCOCCOC(=O)CC[C@H](NC(=O)c1ccc(CCc2c[nH]c3c2C(=O)CC(N)=N3)cc1)C(=O)O. The molecule has 1 aliphatic heterocycles. The minimum absolute atomic E-state index is 0.0619. The first-order valence-corrected chi connectivity index (χ1v) is 13.9. The molecule has 0 bridgehead atoms. The number of aliphatic imine (C=N–C) groups is 1. The van der Waals surface area contributed by atoms with E-state index < -0.39 is 23.9 Å². The number of ether oxygens (including phenoxy) is 2. The number of nitrogens with two attached hydrogens (primary N) is 1. The van der Waals surface area contributed by atoms with Crippen LogP contribution < -0.4 is 11.1 Å². The third-order valence-corrected chi connectivity index (χ3v) is 6.66. The van der Waals surface area contributed by atoms with E-state index in [1.807, 2.05) is 0 Å². The Kier molecular flexibility index (Phi) is 11.2. The molecule has 1 amide bonds. The summed E-state index contributed by atoms with van der Waals surface area (Å²) in [4.78, 5) is 55.9. The molecule has 0 aliphatic carbocycles. The molecule has 0 saturated heterocycles. The molecule has 1 aromatic heterocycles. The number of aliphatic carboxylic acids is 1. The molecule has 0 radical (unpaired) electrons. The standard InChI is InChI=1S/C30H40N4O7/c1-30(2,3)13-4-14-40-15-16-41-25(36)12-11-22(29(38)39)33-28(37)20-8-5-19(6-9-20)7-10-21-18-32-27-26(21)23(35)17-24(31)34-27/h5-6,8-9,18,22,32H,4,7,10-17H2,1-3H3,(H2,31,34)(H,33,37)(H,38,39)/t22-/m0/s1. The molecule has 5 N–H and O–H groups in total. The van der Waals surface area contributed by atoms with Crippen LogP contribution in [0.1, 0.15) is 84.7 Å². The average molecular weight is 569 g/mol. The molecule has 11 nitrogen and oxygen atoms in total. The van der Waals surface area contributed by atoms with Crippen LogP contribution in [-0.4, -0.2) is 65.4 Å². The number of rotatable bonds is 15. The number of ketones is 1. The Morgan fingerprint density at radius 1 is 1.12 bits per heavy atom. The predicted molar refractivity (Wildman–Crippen MR) is 153 cm³/mol. The third kappa shape index (κ3) is 10.2. The summed E-state index contributed by atoms with van der Waals surface area (Å²) in [5, 5.41) is 12.0. The lowest BCUT2D eigenvalue weighted by atomic mass is 9.91. The van der Waals surface area contributed by atoms with Crippen molar-refractivity contribution in [2.75, 3.05) is 19.8 Å². The number of amides is 1. The van der Waals surface area contributed by atoms with Crippen molar-refractivity contribution >= 4 is 35.3 Å². The number of carbonyl (C=O) groups is 4. The zero-order valence-electron chi connectivity index (χ0n) is 24.0. The van der Waals surface area contributed by atoms with Crippen LogP contribution in [0, 0.1) is 5.41 Å². The lowest BCUT2D eigenvalue weighted by Gasteiger charge is -2.17. The van der Waals surface area contributed by atoms with Crippen LogP contribution in [0.5, 0.6) is 0 Å². The lowest BCUT2D eigenvalue weighted by molar-refractivity contribution is -0.146. The molecule has 41 heavy (non-hydrogen) atoms. The van der Waals surface area contributed by atoms with Crippen LogP contribution in [0.15, 0.2) is 35.5 Å². The van der Waals surface area contributed by atoms with Gasteiger partial charge in [0.2, 0.25) is 0 Å². The number of nitrogens with zero attached hydrogens (tertiary/aromatic N) is 1. The molecule has 3 rings (SSSR count). The lowest BCUT2D eigenvalue weighted by Crippen LogP contribution is -2.41. The maximum Gasteiger partial charge on any atom is 0.326 e. The number of benzene rings is 1. The van der Waals surface area contributed by atoms with Crippen LogP contribution in [0.2, 0.25) is 0 Å². The number of Topliss-reactive ketones (excluding diaryl/α,β-unsaturated/α-hetero) is 1. The summed E-state index contributed by atoms with van der Waals surface area (Å²) in [5.41, 5.74) is 8.60. The summed E-state index contributed by atoms with van der Waals surface area (Å²) < 4.78 is 10.6. The van der Waals surface area contributed by atoms with Gasteiger partial charge in [-0.3, -0.25) is 14.4 Å². The van der Waals surface area contributed by atoms with Crippen molar-refractivity contribution in [2.45, 2.75) is 71.8 Å². The quantitative estimate of drug-likeness (QED) is 0.186. The first kappa shape index (κ1) is 31.5. The molecule has 2 heterocycles. The van der Waals surface area contributed by atoms with Gasteiger partial charge in [-0.25, -0.2) is 9.79 Å². The topological polar surface area (TPSA) is 173 Å². The monoisotopic (exact) mass is 568 g/mol. The van der Waals surface area contributed by atoms with Crippen molar-refractivity contribution in [1.82, 2.24) is 10.3 Å². The van der Waals surface area contributed by atoms with Crippen LogP contribution >= 0.6 is 0 Å². The van der Waals surface area contributed by atoms with Gasteiger partial charge >= 0.3 is 11.9 Å². The molecular weight excluding hydrogens is 528 g/mol. The van der Waals surface area contributed by atoms with E-state index in [2.05, 4.69) is 36.1 Å². The zero-order valence-corrected chi connectivity index (χ0v) is 24.0. The van der Waals surface area contributed by atoms with Gasteiger partial charge in [-0.05, 0) is 60.8 Å². The van der Waals surface area contributed by atoms with Crippen LogP contribution in [0.4, 0.5) is 5.82 Å². The number of aromatic nitrogens is 1. The first-order valence-electron chi connectivity index (χ1n) is 13.9. The third-order valence-electron chi connectivity index (χ3n) is 6.66. The Balaban J connectivity index is 1.40. The second-order valence-corrected chi connectivity index (χ2v) is 11.3. The number of hydrogen-bond acceptors (Lipinski definition) is 8. The fourth-order valence-electron chi connectivity index (χ4n) is 4.44. The highest BCUT2D eigenvalue weighted by Gasteiger charge is 2.24. The van der Waals surface area contributed by atoms with Gasteiger partial charge in [0.15, 0.2) is 5.78 Å². The van der Waals surface area contributed by atoms with E-state index in [1.165, 1.54) is 0 Å². The van der Waals surface area contributed by atoms with Gasteiger partial charge in [0.25, 0.3) is 5.91 Å². The summed E-state index contributed by atoms with van der Waals surface area (Å²) in [6, 6.07) is 5.55. The van der Waals surface area contributed by atoms with Crippen molar-refractivity contribution in [2.24, 2.45) is 16.1 Å². The molecule has 222 valence electrons. The summed E-state index contributed by atoms with van der Waals surface area (Å²) in [6.07, 6.45) is 4.79. The molecule has 1 aliphatic rings. The number of aryl methyl sites for hydroxylation is 2. The van der Waals surface area contributed by atoms with Crippen molar-refractivity contribution < 1.29 is 33.8 Å². The van der Waals surface area contributed by atoms with E-state index in [1.54, 1.807) is 30.5 Å². The fourth-order valence-corrected chi connectivity index (χ4v) is 4.44. The minimum Gasteiger partial charge on any atom is -0.480 e. The van der Waals surface area contributed by atoms with Crippen LogP contribution in [0.3, 0.4) is 0 Å². The Hall–Kier alpha value is -3.99. The van der Waals surface area contributed by atoms with Crippen molar-refractivity contribution in [1.29, 1.82) is 0 Å². The van der Waals surface area contributed by atoms with E-state index in [0.717, 1.165) is 24.0 Å². The fraction of sp³-hybridized carbons (Fsp3) is 0.500. The van der Waals surface area contributed by atoms with Gasteiger partial charge in [-0.2, -0.15) is 0 Å². The number of nitrogens with one attached hydrogen (secondary N) is 2. The summed E-state index contributed by atoms with van der Waals surface area (Å²) in [5.74, 6) is -1.63. The van der Waals surface area contributed by atoms with Crippen LogP contribution in [-0.2, 0) is 31.9 Å². The number of esters is 1. The highest BCUT2D eigenvalue weighted by molar-refractivity contribution is 6.15. The molecule has 0 fully saturated rings. The number of fused-ring (bicyclic) bond motifs is 1. The Morgan fingerprint density at radius 2 is 1.85 bits per heavy atom. The highest BCUT2D eigenvalue weighted by Crippen LogP contribution is 2.28. The highest BCUT2D eigenvalue weighted by atomic mass is 16.6. The van der Waals surface area contributed by atoms with Gasteiger partial charge in [0, 0.05) is 24.8 Å². The van der Waals surface area contributed by atoms with Crippen molar-refractivity contribution in [3.63, 3.8) is 0 Å². The van der Waals surface area contributed by atoms with Gasteiger partial charge in [0.05, 0.1) is 18.6 Å². The smallest absolute Gasteiger partial charge is 0.326 e. The Morgan fingerprint density at radius 3 is 2.54 bits per heavy atom. The number of aromatic amines is 1. The maximum absolute atomic E-state index is 12.7. The van der Waals surface area contributed by atoms with Crippen molar-refractivity contribution in [3.05, 3.63) is 52.7 Å². The average Bonchev–Trinajstić information content (AvgIpc) is 3.31. The van der Waals surface area contributed by atoms with E-state index in [-0.39, 0.29) is 49.5 Å². The second kappa shape index (κ2) is 14.6. The first-order chi connectivity index (χ1) is 19.4. The number of carboxylic acids is 1. The van der Waals surface area contributed by atoms with Gasteiger partial charge in [-0.15, -0.1) is 0 Å². The van der Waals surface area contributed by atoms with E-state index >= 15 is 0 Å². The zero-order chi connectivity index (χ0) is 30.0. The van der Waals surface area contributed by atoms with Crippen molar-refractivity contribution in [3.8, 4) is 0 Å². The van der Waals surface area contributed by atoms with Gasteiger partial charge in [-0.1, -0.05) is 32.9 Å². The predicted octanol–water partition coefficient (Wildman–Crippen LogP) is 3.72. The Bertz CT molecular complexity index is 1260. The number of H-pyrrole nitrogens is 1. The number of carbonyl (C=O) groups excluding carboxylic acids is 3. The largest absolute Gasteiger partial charge is 0.480 e. The molecule has 0 unspecified atom stereocenters. The van der Waals surface area contributed by atoms with E-state index in [0.29, 0.717) is 36.4 Å². The molecule has 11 heteroatoms. The molecular formula is C30H40N4O7. The van der Waals surface area contributed by atoms with Crippen LogP contribution in [0.25, 0.3) is 0 Å². The minimum atomic E-state index is -1.24. The number of carboxylic acid groups (broad SMARTS) is 1. The normalized spacial score (nSPS) is 13.7. The number of amidine groups is 1. The molecule has 0 saturated carbocycles. The summed E-state index contributed by atoms with van der Waals surface area (Å²) in [6.45, 7) is 7.44. The van der Waals surface area contributed by atoms with E-state index in [4.69, 9.17) is 15.2 Å². The summed E-state index contributed by atoms with van der Waals surface area (Å²) in [7, 11) is 0. The molecule has 1 aromatic carbocycles. The van der Waals surface area contributed by atoms with Gasteiger partial charge < -0.3 is 30.6 Å². The molecule has 2 aromatic rings. The maximum atomic E-state index is 12.7. The van der Waals surface area contributed by atoms with Gasteiger partial charge in [0.1, 0.15) is 24.3 Å². The second-order valence-electron chi connectivity index (χ2n) is 11.3. The number of hydrogen-bond donors (Lipinski definition) is 4. The van der Waals surface area contributed by atoms with E-state index in [9.17, 15) is 24.3 Å². The summed E-state index contributed by atoms with van der Waals surface area (Å²) >= 11 is 0.